The van der Waals surface area contributed by atoms with Crippen molar-refractivity contribution in [2.75, 3.05) is 0 Å². The Morgan fingerprint density at radius 3 is 2.18 bits per heavy atom. The smallest absolute Gasteiger partial charge is 0.320 e. The normalized spacial score (nSPS) is 10.9. The molecule has 1 atom stereocenters. The van der Waals surface area contributed by atoms with Gasteiger partial charge < -0.3 is 21.7 Å². The lowest BCUT2D eigenvalue weighted by Crippen LogP contribution is -2.32. The molecular weight excluding hydrogens is 260 g/mol. The zero-order valence-electron chi connectivity index (χ0n) is 8.91. The maximum atomic E-state index is 10.4. The Balaban J connectivity index is 0.000000557. The van der Waals surface area contributed by atoms with E-state index in [9.17, 15) is 4.79 Å². The summed E-state index contributed by atoms with van der Waals surface area (Å²) in [4.78, 5) is 10.4. The molecule has 0 heterocycles. The van der Waals surface area contributed by atoms with Gasteiger partial charge in [0.05, 0.1) is 0 Å². The summed E-state index contributed by atoms with van der Waals surface area (Å²) in [5.41, 5.74) is 10.8. The lowest BCUT2D eigenvalue weighted by atomic mass is 10.1. The maximum absolute atomic E-state index is 10.4. The first-order chi connectivity index (χ1) is 7.82. The molecule has 94 valence electrons. The van der Waals surface area contributed by atoms with E-state index in [1.54, 1.807) is 12.1 Å². The van der Waals surface area contributed by atoms with E-state index in [0.29, 0.717) is 0 Å². The third kappa shape index (κ3) is 8.49. The molecule has 0 bridgehead atoms. The van der Waals surface area contributed by atoms with Crippen LogP contribution in [0.25, 0.3) is 0 Å². The number of phenolic OH excluding ortho intramolecular Hbond substituents is 1. The molecular formula is C10H14N2O3S2. The predicted octanol–water partition coefficient (Wildman–Crippen LogP) is 0.506. The number of hydrogen-bond acceptors (Lipinski definition) is 4. The van der Waals surface area contributed by atoms with Crippen LogP contribution >= 0.6 is 24.8 Å². The molecule has 0 aliphatic rings. The van der Waals surface area contributed by atoms with Crippen LogP contribution in [0.5, 0.6) is 5.75 Å². The molecule has 1 aromatic rings. The average Bonchev–Trinajstić information content (AvgIpc) is 2.20. The number of phenols is 1. The minimum atomic E-state index is -1.02. The van der Waals surface area contributed by atoms with Crippen LogP contribution in [0.15, 0.2) is 24.3 Å². The van der Waals surface area contributed by atoms with Crippen LogP contribution in [0.3, 0.4) is 0 Å². The summed E-state index contributed by atoms with van der Waals surface area (Å²) >= 11 is 7.65. The standard InChI is InChI=1S/C9H11NO3.CH3NS2/c10-8(9(12)13)5-6-1-3-7(11)4-2-6;2-1(3)4/h1-4,8,11H,5,10H2,(H,12,13);(H3,2,3,4)/t8-;/m0./s1. The number of thiol groups is 1. The molecule has 0 amide bonds. The van der Waals surface area contributed by atoms with Crippen molar-refractivity contribution in [1.29, 1.82) is 0 Å². The SMILES string of the molecule is NC(=S)S.N[C@@H](Cc1ccc(O)cc1)C(=O)O. The van der Waals surface area contributed by atoms with Crippen molar-refractivity contribution in [2.24, 2.45) is 11.5 Å². The summed E-state index contributed by atoms with van der Waals surface area (Å²) in [7, 11) is 0. The van der Waals surface area contributed by atoms with E-state index in [1.165, 1.54) is 12.1 Å². The topological polar surface area (TPSA) is 110 Å². The van der Waals surface area contributed by atoms with E-state index < -0.39 is 12.0 Å². The van der Waals surface area contributed by atoms with Gasteiger partial charge in [-0.2, -0.15) is 0 Å². The van der Waals surface area contributed by atoms with Gasteiger partial charge in [-0.25, -0.2) is 0 Å². The van der Waals surface area contributed by atoms with Gasteiger partial charge in [0.15, 0.2) is 0 Å². The van der Waals surface area contributed by atoms with Crippen molar-refractivity contribution in [3.63, 3.8) is 0 Å². The highest BCUT2D eigenvalue weighted by molar-refractivity contribution is 8.10. The van der Waals surface area contributed by atoms with Gasteiger partial charge in [0, 0.05) is 0 Å². The number of aliphatic carboxylic acids is 1. The molecule has 6 N–H and O–H groups in total. The fourth-order valence-corrected chi connectivity index (χ4v) is 0.973. The highest BCUT2D eigenvalue weighted by atomic mass is 32.1. The largest absolute Gasteiger partial charge is 0.508 e. The molecule has 5 nitrogen and oxygen atoms in total. The highest BCUT2D eigenvalue weighted by Gasteiger charge is 2.11. The molecule has 0 aliphatic heterocycles. The van der Waals surface area contributed by atoms with Crippen LogP contribution in [0.1, 0.15) is 5.56 Å². The maximum Gasteiger partial charge on any atom is 0.320 e. The van der Waals surface area contributed by atoms with Gasteiger partial charge in [0.1, 0.15) is 16.1 Å². The van der Waals surface area contributed by atoms with Crippen LogP contribution in [0.4, 0.5) is 0 Å². The quantitative estimate of drug-likeness (QED) is 0.406. The second kappa shape index (κ2) is 7.88. The van der Waals surface area contributed by atoms with Crippen LogP contribution in [0.2, 0.25) is 0 Å². The summed E-state index contributed by atoms with van der Waals surface area (Å²) < 4.78 is 0.194. The molecule has 0 radical (unpaired) electrons. The van der Waals surface area contributed by atoms with Crippen LogP contribution in [-0.4, -0.2) is 26.5 Å². The van der Waals surface area contributed by atoms with E-state index in [0.717, 1.165) is 5.56 Å². The van der Waals surface area contributed by atoms with E-state index >= 15 is 0 Å². The number of benzene rings is 1. The molecule has 0 aliphatic carbocycles. The Kier molecular flexibility index (Phi) is 7.27. The van der Waals surface area contributed by atoms with Gasteiger partial charge in [-0.1, -0.05) is 24.4 Å². The van der Waals surface area contributed by atoms with Gasteiger partial charge in [-0.05, 0) is 24.1 Å². The molecule has 0 unspecified atom stereocenters. The first kappa shape index (κ1) is 15.7. The first-order valence-corrected chi connectivity index (χ1v) is 5.43. The van der Waals surface area contributed by atoms with Gasteiger partial charge >= 0.3 is 5.97 Å². The van der Waals surface area contributed by atoms with Crippen LogP contribution in [-0.2, 0) is 11.2 Å². The van der Waals surface area contributed by atoms with Crippen molar-refractivity contribution in [3.05, 3.63) is 29.8 Å². The number of nitrogens with two attached hydrogens (primary N) is 2. The molecule has 0 spiro atoms. The number of carboxylic acids is 1. The summed E-state index contributed by atoms with van der Waals surface area (Å²) in [6, 6.07) is 5.42. The third-order valence-corrected chi connectivity index (χ3v) is 1.71. The Bertz CT molecular complexity index is 378. The second-order valence-electron chi connectivity index (χ2n) is 3.15. The van der Waals surface area contributed by atoms with Crippen molar-refractivity contribution >= 4 is 35.1 Å². The molecule has 17 heavy (non-hydrogen) atoms. The zero-order valence-corrected chi connectivity index (χ0v) is 10.6. The summed E-state index contributed by atoms with van der Waals surface area (Å²) in [6.07, 6.45) is 0.273. The lowest BCUT2D eigenvalue weighted by molar-refractivity contribution is -0.138. The predicted molar refractivity (Wildman–Crippen MR) is 73.2 cm³/mol. The minimum Gasteiger partial charge on any atom is -0.508 e. The van der Waals surface area contributed by atoms with Crippen molar-refractivity contribution in [1.82, 2.24) is 0 Å². The summed E-state index contributed by atoms with van der Waals surface area (Å²) in [5, 5.41) is 17.5. The monoisotopic (exact) mass is 274 g/mol. The number of hydrogen-bond donors (Lipinski definition) is 5. The van der Waals surface area contributed by atoms with Gasteiger partial charge in [0.2, 0.25) is 0 Å². The van der Waals surface area contributed by atoms with Crippen LogP contribution in [0, 0.1) is 0 Å². The fourth-order valence-electron chi connectivity index (χ4n) is 0.973. The summed E-state index contributed by atoms with van der Waals surface area (Å²) in [6.45, 7) is 0. The lowest BCUT2D eigenvalue weighted by Gasteiger charge is -2.05. The van der Waals surface area contributed by atoms with E-state index in [1.807, 2.05) is 0 Å². The molecule has 7 heteroatoms. The highest BCUT2D eigenvalue weighted by Crippen LogP contribution is 2.10. The van der Waals surface area contributed by atoms with E-state index in [-0.39, 0.29) is 16.5 Å². The van der Waals surface area contributed by atoms with Crippen molar-refractivity contribution < 1.29 is 15.0 Å². The van der Waals surface area contributed by atoms with Gasteiger partial charge in [0.25, 0.3) is 0 Å². The molecule has 1 aromatic carbocycles. The number of rotatable bonds is 3. The Labute approximate surface area is 110 Å². The molecule has 1 rings (SSSR count). The second-order valence-corrected chi connectivity index (χ2v) is 4.38. The third-order valence-electron chi connectivity index (χ3n) is 1.71. The molecule has 0 fully saturated rings. The van der Waals surface area contributed by atoms with Crippen molar-refractivity contribution in [2.45, 2.75) is 12.5 Å². The average molecular weight is 274 g/mol. The molecule has 0 aromatic heterocycles. The number of thiocarbonyl (C=S) groups is 1. The van der Waals surface area contributed by atoms with Gasteiger partial charge in [-0.3, -0.25) is 4.79 Å². The Morgan fingerprint density at radius 2 is 1.82 bits per heavy atom. The first-order valence-electron chi connectivity index (χ1n) is 4.57. The minimum absolute atomic E-state index is 0.160. The summed E-state index contributed by atoms with van der Waals surface area (Å²) in [5.74, 6) is -0.860. The van der Waals surface area contributed by atoms with Crippen molar-refractivity contribution in [3.8, 4) is 5.75 Å². The fraction of sp³-hybridized carbons (Fsp3) is 0.200. The molecule has 0 saturated heterocycles. The zero-order chi connectivity index (χ0) is 13.4. The van der Waals surface area contributed by atoms with E-state index in [4.69, 9.17) is 21.7 Å². The van der Waals surface area contributed by atoms with Gasteiger partial charge in [-0.15, -0.1) is 12.6 Å². The number of aromatic hydroxyl groups is 1. The van der Waals surface area contributed by atoms with E-state index in [2.05, 4.69) is 24.8 Å². The number of carbonyl (C=O) groups is 1. The van der Waals surface area contributed by atoms with Crippen LogP contribution < -0.4 is 11.5 Å². The Morgan fingerprint density at radius 1 is 1.41 bits per heavy atom. The Hall–Kier alpha value is -1.31. The number of carboxylic acid groups (broad SMARTS) is 1. The molecule has 0 saturated carbocycles.